The van der Waals surface area contributed by atoms with E-state index in [-0.39, 0.29) is 12.8 Å². The van der Waals surface area contributed by atoms with Gasteiger partial charge in [0, 0.05) is 11.4 Å². The number of hydrogen-bond acceptors (Lipinski definition) is 6. The Morgan fingerprint density at radius 3 is 1.43 bits per heavy atom. The average molecular weight is 482 g/mol. The number of nitrogens with one attached hydrogen (secondary N) is 2. The topological polar surface area (TPSA) is 173 Å². The number of carboxylic acid groups (broad SMARTS) is 4. The third-order valence-electron chi connectivity index (χ3n) is 6.98. The van der Waals surface area contributed by atoms with E-state index in [0.717, 1.165) is 11.1 Å². The molecule has 0 saturated heterocycles. The first-order chi connectivity index (χ1) is 16.3. The van der Waals surface area contributed by atoms with Crippen molar-refractivity contribution in [3.05, 3.63) is 58.7 Å². The number of rotatable bonds is 6. The van der Waals surface area contributed by atoms with Gasteiger partial charge in [-0.25, -0.2) is 9.59 Å². The maximum atomic E-state index is 11.9. The van der Waals surface area contributed by atoms with Crippen molar-refractivity contribution < 1.29 is 39.6 Å². The lowest BCUT2D eigenvalue weighted by Crippen LogP contribution is -2.48. The van der Waals surface area contributed by atoms with Crippen LogP contribution in [-0.2, 0) is 25.6 Å². The van der Waals surface area contributed by atoms with E-state index in [2.05, 4.69) is 10.6 Å². The molecule has 6 N–H and O–H groups in total. The molecule has 2 aliphatic rings. The highest BCUT2D eigenvalue weighted by atomic mass is 16.4. The zero-order chi connectivity index (χ0) is 25.7. The molecule has 0 bridgehead atoms. The van der Waals surface area contributed by atoms with Crippen LogP contribution in [0.1, 0.15) is 60.8 Å². The van der Waals surface area contributed by atoms with Crippen LogP contribution < -0.4 is 10.6 Å². The predicted molar refractivity (Wildman–Crippen MR) is 125 cm³/mol. The highest BCUT2D eigenvalue weighted by Crippen LogP contribution is 2.42. The van der Waals surface area contributed by atoms with E-state index >= 15 is 0 Å². The highest BCUT2D eigenvalue weighted by molar-refractivity contribution is 5.90. The molecule has 2 aromatic carbocycles. The molecule has 0 aromatic heterocycles. The van der Waals surface area contributed by atoms with E-state index in [4.69, 9.17) is 0 Å². The predicted octanol–water partition coefficient (Wildman–Crippen LogP) is 2.93. The van der Waals surface area contributed by atoms with E-state index in [1.165, 1.54) is 13.8 Å². The second-order valence-corrected chi connectivity index (χ2v) is 9.73. The minimum absolute atomic E-state index is 0.110. The van der Waals surface area contributed by atoms with E-state index < -0.39 is 46.8 Å². The molecular weight excluding hydrogens is 456 g/mol. The first-order valence-electron chi connectivity index (χ1n) is 11.1. The van der Waals surface area contributed by atoms with Crippen molar-refractivity contribution in [3.8, 4) is 0 Å². The molecule has 184 valence electrons. The number of hydrogen-bond donors (Lipinski definition) is 6. The molecule has 4 atom stereocenters. The molecule has 10 heteroatoms. The molecule has 2 aliphatic heterocycles. The van der Waals surface area contributed by atoms with Crippen LogP contribution in [0.5, 0.6) is 0 Å². The fraction of sp³-hybridized carbons (Fsp3) is 0.360. The van der Waals surface area contributed by atoms with Crippen molar-refractivity contribution in [2.24, 2.45) is 0 Å². The minimum Gasteiger partial charge on any atom is -0.481 e. The molecule has 35 heavy (non-hydrogen) atoms. The highest BCUT2D eigenvalue weighted by Gasteiger charge is 2.45. The lowest BCUT2D eigenvalue weighted by molar-refractivity contribution is -0.145. The van der Waals surface area contributed by atoms with Gasteiger partial charge in [-0.1, -0.05) is 24.3 Å². The third kappa shape index (κ3) is 4.27. The largest absolute Gasteiger partial charge is 0.481 e. The summed E-state index contributed by atoms with van der Waals surface area (Å²) in [5, 5.41) is 44.5. The van der Waals surface area contributed by atoms with Gasteiger partial charge in [0.15, 0.2) is 0 Å². The number of carboxylic acids is 4. The fourth-order valence-electron chi connectivity index (χ4n) is 4.94. The molecule has 4 rings (SSSR count). The van der Waals surface area contributed by atoms with Gasteiger partial charge in [-0.2, -0.15) is 0 Å². The Morgan fingerprint density at radius 2 is 1.11 bits per heavy atom. The summed E-state index contributed by atoms with van der Waals surface area (Å²) in [4.78, 5) is 47.3. The van der Waals surface area contributed by atoms with Crippen LogP contribution in [0, 0.1) is 0 Å². The number of aliphatic carboxylic acids is 4. The monoisotopic (exact) mass is 482 g/mol. The van der Waals surface area contributed by atoms with Crippen LogP contribution in [0.25, 0.3) is 0 Å². The Morgan fingerprint density at radius 1 is 0.743 bits per heavy atom. The Hall–Kier alpha value is -4.08. The summed E-state index contributed by atoms with van der Waals surface area (Å²) in [5.41, 5.74) is 0.640. The normalized spacial score (nSPS) is 26.9. The van der Waals surface area contributed by atoms with Gasteiger partial charge in [-0.15, -0.1) is 0 Å². The standard InChI is InChI=1S/C25H26N2O8/c1-24(22(32)33)10-16(20(28)29)14-8-12(3-5-18(14)26-24)7-13-4-6-19-15(9-13)17(21(30)31)11-25(2,27-19)23(34)35/h3-6,8-9,16-17,26-27H,7,10-11H2,1-2H3,(H,28,29)(H,30,31)(H,32,33)(H,34,35). The summed E-state index contributed by atoms with van der Waals surface area (Å²) in [5.74, 6) is -6.47. The molecule has 0 radical (unpaired) electrons. The lowest BCUT2D eigenvalue weighted by Gasteiger charge is -2.37. The second kappa shape index (κ2) is 8.30. The van der Waals surface area contributed by atoms with E-state index in [1.807, 2.05) is 0 Å². The molecule has 0 aliphatic carbocycles. The minimum atomic E-state index is -1.40. The summed E-state index contributed by atoms with van der Waals surface area (Å²) in [6.45, 7) is 2.91. The Kier molecular flexibility index (Phi) is 5.70. The Balaban J connectivity index is 1.66. The maximum Gasteiger partial charge on any atom is 0.329 e. The van der Waals surface area contributed by atoms with E-state index in [0.29, 0.717) is 28.9 Å². The zero-order valence-electron chi connectivity index (χ0n) is 19.2. The van der Waals surface area contributed by atoms with Crippen LogP contribution in [0.15, 0.2) is 36.4 Å². The van der Waals surface area contributed by atoms with Gasteiger partial charge in [0.25, 0.3) is 0 Å². The molecule has 10 nitrogen and oxygen atoms in total. The van der Waals surface area contributed by atoms with Crippen molar-refractivity contribution in [2.45, 2.75) is 56.0 Å². The molecule has 4 unspecified atom stereocenters. The second-order valence-electron chi connectivity index (χ2n) is 9.73. The van der Waals surface area contributed by atoms with Gasteiger partial charge in [0.1, 0.15) is 11.1 Å². The fourth-order valence-corrected chi connectivity index (χ4v) is 4.94. The molecule has 2 heterocycles. The van der Waals surface area contributed by atoms with Crippen LogP contribution in [0.2, 0.25) is 0 Å². The molecule has 0 fully saturated rings. The van der Waals surface area contributed by atoms with Crippen LogP contribution in [0.4, 0.5) is 11.4 Å². The summed E-state index contributed by atoms with van der Waals surface area (Å²) in [6, 6.07) is 10.3. The van der Waals surface area contributed by atoms with Gasteiger partial charge in [0.05, 0.1) is 11.8 Å². The number of anilines is 2. The molecule has 0 spiro atoms. The maximum absolute atomic E-state index is 11.9. The summed E-state index contributed by atoms with van der Waals surface area (Å²) in [6.07, 6.45) is 0.161. The first-order valence-corrected chi connectivity index (χ1v) is 11.1. The molecule has 2 aromatic rings. The van der Waals surface area contributed by atoms with Gasteiger partial charge in [0.2, 0.25) is 0 Å². The van der Waals surface area contributed by atoms with E-state index in [9.17, 15) is 39.6 Å². The summed E-state index contributed by atoms with van der Waals surface area (Å²) < 4.78 is 0. The number of carbonyl (C=O) groups is 4. The van der Waals surface area contributed by atoms with Crippen molar-refractivity contribution in [1.29, 1.82) is 0 Å². The van der Waals surface area contributed by atoms with E-state index in [1.54, 1.807) is 36.4 Å². The van der Waals surface area contributed by atoms with Gasteiger partial charge < -0.3 is 31.1 Å². The third-order valence-corrected chi connectivity index (χ3v) is 6.98. The Labute approximate surface area is 200 Å². The van der Waals surface area contributed by atoms with Gasteiger partial charge >= 0.3 is 23.9 Å². The van der Waals surface area contributed by atoms with Crippen LogP contribution in [0.3, 0.4) is 0 Å². The van der Waals surface area contributed by atoms with Crippen LogP contribution >= 0.6 is 0 Å². The molecular formula is C25H26N2O8. The average Bonchev–Trinajstić information content (AvgIpc) is 2.78. The first kappa shape index (κ1) is 24.1. The van der Waals surface area contributed by atoms with Gasteiger partial charge in [-0.3, -0.25) is 9.59 Å². The van der Waals surface area contributed by atoms with Crippen LogP contribution in [-0.4, -0.2) is 55.4 Å². The summed E-state index contributed by atoms with van der Waals surface area (Å²) in [7, 11) is 0. The Bertz CT molecular complexity index is 1160. The number of benzene rings is 2. The van der Waals surface area contributed by atoms with Crippen molar-refractivity contribution in [1.82, 2.24) is 0 Å². The zero-order valence-corrected chi connectivity index (χ0v) is 19.2. The quantitative estimate of drug-likeness (QED) is 0.359. The van der Waals surface area contributed by atoms with Crippen molar-refractivity contribution in [2.75, 3.05) is 10.6 Å². The number of fused-ring (bicyclic) bond motifs is 2. The SMILES string of the molecule is CC1(C(=O)O)CC(C(=O)O)c2cc(Cc3ccc4c(c3)C(C(=O)O)CC(C)(C(=O)O)N4)ccc2N1. The van der Waals surface area contributed by atoms with Crippen molar-refractivity contribution in [3.63, 3.8) is 0 Å². The molecule has 0 saturated carbocycles. The van der Waals surface area contributed by atoms with Gasteiger partial charge in [-0.05, 0) is 67.5 Å². The van der Waals surface area contributed by atoms with Crippen molar-refractivity contribution >= 4 is 35.3 Å². The summed E-state index contributed by atoms with van der Waals surface area (Å²) >= 11 is 0. The molecule has 0 amide bonds. The smallest absolute Gasteiger partial charge is 0.329 e. The lowest BCUT2D eigenvalue weighted by atomic mass is 9.78.